The first-order valence-corrected chi connectivity index (χ1v) is 9.70. The van der Waals surface area contributed by atoms with Gasteiger partial charge in [0.15, 0.2) is 0 Å². The van der Waals surface area contributed by atoms with Crippen LogP contribution in [-0.4, -0.2) is 22.2 Å². The second kappa shape index (κ2) is 8.89. The fourth-order valence-corrected chi connectivity index (χ4v) is 3.77. The number of aromatic carboxylic acids is 1. The third-order valence-corrected chi connectivity index (χ3v) is 5.43. The Morgan fingerprint density at radius 3 is 2.21 bits per heavy atom. The number of hydrogen-bond donors (Lipinski definition) is 2. The third kappa shape index (κ3) is 4.34. The first kappa shape index (κ1) is 19.9. The molecule has 0 aliphatic rings. The number of hydrogen-bond acceptors (Lipinski definition) is 2. The van der Waals surface area contributed by atoms with Crippen LogP contribution >= 0.6 is 0 Å². The number of nitrogens with one attached hydrogen (secondary N) is 1. The number of rotatable bonds is 8. The first-order valence-electron chi connectivity index (χ1n) is 9.70. The number of aromatic nitrogens is 1. The molecule has 3 rings (SSSR count). The van der Waals surface area contributed by atoms with Crippen molar-refractivity contribution >= 4 is 5.97 Å². The highest BCUT2D eigenvalue weighted by molar-refractivity contribution is 5.91. The van der Waals surface area contributed by atoms with Crippen LogP contribution in [0, 0.1) is 13.8 Å². The summed E-state index contributed by atoms with van der Waals surface area (Å²) in [7, 11) is 0. The molecule has 0 fully saturated rings. The van der Waals surface area contributed by atoms with Gasteiger partial charge in [0.2, 0.25) is 0 Å². The summed E-state index contributed by atoms with van der Waals surface area (Å²) in [5.41, 5.74) is 5.57. The van der Waals surface area contributed by atoms with Crippen LogP contribution < -0.4 is 5.32 Å². The molecule has 0 saturated carbocycles. The van der Waals surface area contributed by atoms with Crippen LogP contribution in [0.2, 0.25) is 0 Å². The Hall–Kier alpha value is -2.85. The molecular formula is C24H28N2O2. The molecule has 0 unspecified atom stereocenters. The minimum absolute atomic E-state index is 0.363. The Labute approximate surface area is 166 Å². The van der Waals surface area contributed by atoms with Crippen LogP contribution in [0.1, 0.15) is 51.3 Å². The summed E-state index contributed by atoms with van der Waals surface area (Å²) in [6.45, 7) is 8.12. The SMILES string of the molecule is Cc1c(CNC[C@@H](C)c2ccccc2)c(C(=O)O)c(C)n1Cc1ccccc1. The van der Waals surface area contributed by atoms with E-state index >= 15 is 0 Å². The molecule has 0 spiro atoms. The van der Waals surface area contributed by atoms with Gasteiger partial charge in [-0.25, -0.2) is 4.79 Å². The van der Waals surface area contributed by atoms with Crippen LogP contribution in [0.5, 0.6) is 0 Å². The van der Waals surface area contributed by atoms with Gasteiger partial charge in [-0.15, -0.1) is 0 Å². The molecule has 0 saturated heterocycles. The second-order valence-electron chi connectivity index (χ2n) is 7.34. The summed E-state index contributed by atoms with van der Waals surface area (Å²) < 4.78 is 2.11. The van der Waals surface area contributed by atoms with Gasteiger partial charge < -0.3 is 15.0 Å². The van der Waals surface area contributed by atoms with Crippen LogP contribution in [-0.2, 0) is 13.1 Å². The molecule has 1 aromatic heterocycles. The average Bonchev–Trinajstić information content (AvgIpc) is 2.94. The van der Waals surface area contributed by atoms with Crippen LogP contribution in [0.15, 0.2) is 60.7 Å². The molecule has 2 N–H and O–H groups in total. The highest BCUT2D eigenvalue weighted by Crippen LogP contribution is 2.24. The molecule has 0 aliphatic carbocycles. The number of carboxylic acids is 1. The van der Waals surface area contributed by atoms with Crippen molar-refractivity contribution in [2.24, 2.45) is 0 Å². The number of carbonyl (C=O) groups is 1. The van der Waals surface area contributed by atoms with Crippen LogP contribution in [0.25, 0.3) is 0 Å². The van der Waals surface area contributed by atoms with Gasteiger partial charge in [-0.3, -0.25) is 0 Å². The maximum Gasteiger partial charge on any atom is 0.337 e. The predicted octanol–water partition coefficient (Wildman–Crippen LogP) is 4.74. The fraction of sp³-hybridized carbons (Fsp3) is 0.292. The van der Waals surface area contributed by atoms with Gasteiger partial charge in [0, 0.05) is 36.6 Å². The monoisotopic (exact) mass is 376 g/mol. The van der Waals surface area contributed by atoms with Gasteiger partial charge in [0.1, 0.15) is 0 Å². The minimum atomic E-state index is -0.861. The molecule has 1 atom stereocenters. The van der Waals surface area contributed by atoms with Crippen molar-refractivity contribution in [1.82, 2.24) is 9.88 Å². The molecule has 1 heterocycles. The highest BCUT2D eigenvalue weighted by atomic mass is 16.4. The molecular weight excluding hydrogens is 348 g/mol. The van der Waals surface area contributed by atoms with Crippen molar-refractivity contribution < 1.29 is 9.90 Å². The molecule has 0 aliphatic heterocycles. The third-order valence-electron chi connectivity index (χ3n) is 5.43. The fourth-order valence-electron chi connectivity index (χ4n) is 3.77. The molecule has 3 aromatic rings. The van der Waals surface area contributed by atoms with E-state index in [0.29, 0.717) is 24.6 Å². The largest absolute Gasteiger partial charge is 0.478 e. The maximum absolute atomic E-state index is 11.9. The Bertz CT molecular complexity index is 930. The van der Waals surface area contributed by atoms with Gasteiger partial charge >= 0.3 is 5.97 Å². The molecule has 0 radical (unpaired) electrons. The van der Waals surface area contributed by atoms with Gasteiger partial charge in [-0.1, -0.05) is 67.6 Å². The van der Waals surface area contributed by atoms with Crippen molar-refractivity contribution in [2.45, 2.75) is 39.8 Å². The normalized spacial score (nSPS) is 12.1. The minimum Gasteiger partial charge on any atom is -0.478 e. The quantitative estimate of drug-likeness (QED) is 0.597. The maximum atomic E-state index is 11.9. The summed E-state index contributed by atoms with van der Waals surface area (Å²) in [5.74, 6) is -0.498. The van der Waals surface area contributed by atoms with Crippen LogP contribution in [0.4, 0.5) is 0 Å². The van der Waals surface area contributed by atoms with Gasteiger partial charge in [-0.2, -0.15) is 0 Å². The standard InChI is InChI=1S/C24H28N2O2/c1-17(21-12-8-5-9-13-21)14-25-15-22-18(2)26(19(3)23(22)24(27)28)16-20-10-6-4-7-11-20/h4-13,17,25H,14-16H2,1-3H3,(H,27,28)/t17-/m1/s1. The molecule has 2 aromatic carbocycles. The summed E-state index contributed by atoms with van der Waals surface area (Å²) >= 11 is 0. The van der Waals surface area contributed by atoms with E-state index in [4.69, 9.17) is 0 Å². The molecule has 28 heavy (non-hydrogen) atoms. The lowest BCUT2D eigenvalue weighted by Crippen LogP contribution is -2.21. The number of benzene rings is 2. The zero-order valence-electron chi connectivity index (χ0n) is 16.8. The van der Waals surface area contributed by atoms with Crippen molar-refractivity contribution in [2.75, 3.05) is 6.54 Å². The molecule has 146 valence electrons. The Morgan fingerprint density at radius 2 is 1.61 bits per heavy atom. The van der Waals surface area contributed by atoms with E-state index in [9.17, 15) is 9.90 Å². The zero-order valence-corrected chi connectivity index (χ0v) is 16.8. The van der Waals surface area contributed by atoms with E-state index in [1.807, 2.05) is 50.2 Å². The lowest BCUT2D eigenvalue weighted by molar-refractivity contribution is 0.0694. The molecule has 0 bridgehead atoms. The average molecular weight is 377 g/mol. The van der Waals surface area contributed by atoms with E-state index in [1.54, 1.807) is 0 Å². The molecule has 4 heteroatoms. The van der Waals surface area contributed by atoms with E-state index < -0.39 is 5.97 Å². The van der Waals surface area contributed by atoms with Gasteiger partial charge in [-0.05, 0) is 30.9 Å². The topological polar surface area (TPSA) is 54.3 Å². The van der Waals surface area contributed by atoms with E-state index in [-0.39, 0.29) is 0 Å². The van der Waals surface area contributed by atoms with Crippen molar-refractivity contribution in [3.8, 4) is 0 Å². The predicted molar refractivity (Wildman–Crippen MR) is 113 cm³/mol. The van der Waals surface area contributed by atoms with E-state index in [1.165, 1.54) is 5.56 Å². The van der Waals surface area contributed by atoms with Crippen molar-refractivity contribution in [1.29, 1.82) is 0 Å². The van der Waals surface area contributed by atoms with Gasteiger partial charge in [0.05, 0.1) is 5.56 Å². The van der Waals surface area contributed by atoms with E-state index in [0.717, 1.165) is 29.1 Å². The first-order chi connectivity index (χ1) is 13.5. The second-order valence-corrected chi connectivity index (χ2v) is 7.34. The Morgan fingerprint density at radius 1 is 1.00 bits per heavy atom. The summed E-state index contributed by atoms with van der Waals surface area (Å²) in [4.78, 5) is 11.9. The zero-order chi connectivity index (χ0) is 20.1. The Balaban J connectivity index is 1.78. The summed E-state index contributed by atoms with van der Waals surface area (Å²) in [6, 6.07) is 20.5. The smallest absolute Gasteiger partial charge is 0.337 e. The van der Waals surface area contributed by atoms with Crippen molar-refractivity contribution in [3.05, 3.63) is 94.3 Å². The molecule has 0 amide bonds. The molecule has 4 nitrogen and oxygen atoms in total. The lowest BCUT2D eigenvalue weighted by Gasteiger charge is -2.14. The summed E-state index contributed by atoms with van der Waals surface area (Å²) in [6.07, 6.45) is 0. The number of carboxylic acid groups (broad SMARTS) is 1. The van der Waals surface area contributed by atoms with Gasteiger partial charge in [0.25, 0.3) is 0 Å². The van der Waals surface area contributed by atoms with E-state index in [2.05, 4.69) is 41.1 Å². The van der Waals surface area contributed by atoms with Crippen molar-refractivity contribution in [3.63, 3.8) is 0 Å². The highest BCUT2D eigenvalue weighted by Gasteiger charge is 2.22. The number of nitrogens with zero attached hydrogens (tertiary/aromatic N) is 1. The summed E-state index contributed by atoms with van der Waals surface area (Å²) in [5, 5.41) is 13.3. The lowest BCUT2D eigenvalue weighted by atomic mass is 10.0. The van der Waals surface area contributed by atoms with Crippen LogP contribution in [0.3, 0.4) is 0 Å². The Kier molecular flexibility index (Phi) is 6.32.